The predicted molar refractivity (Wildman–Crippen MR) is 123 cm³/mol. The maximum atomic E-state index is 12.9. The van der Waals surface area contributed by atoms with Crippen molar-refractivity contribution in [3.05, 3.63) is 47.1 Å². The standard InChI is InChI=1S/C27H32F6O3/c1-16(6-4-13-25(36,26(28,29)30)27(31,32)33)21-10-11-22-18(7-5-12-24(21,22)3)8-9-19-14-20(34)15-23(35)17(19)2/h8-10,16,20,22-23,34-36H,2,5-7,11-12,14-15H2,1,3H3/b18-8+,19-9-/t16-,20+,22-,23-,24+/m0/s1. The van der Waals surface area contributed by atoms with Gasteiger partial charge in [0.1, 0.15) is 0 Å². The first-order valence-corrected chi connectivity index (χ1v) is 12.0. The fourth-order valence-electron chi connectivity index (χ4n) is 5.83. The van der Waals surface area contributed by atoms with E-state index in [1.165, 1.54) is 5.57 Å². The van der Waals surface area contributed by atoms with Crippen LogP contribution in [0.25, 0.3) is 0 Å². The van der Waals surface area contributed by atoms with Crippen molar-refractivity contribution in [1.82, 2.24) is 0 Å². The van der Waals surface area contributed by atoms with Gasteiger partial charge in [0.25, 0.3) is 0 Å². The van der Waals surface area contributed by atoms with Gasteiger partial charge in [-0.1, -0.05) is 55.7 Å². The zero-order chi connectivity index (χ0) is 27.1. The molecule has 3 N–H and O–H groups in total. The molecule has 0 aromatic rings. The summed E-state index contributed by atoms with van der Waals surface area (Å²) < 4.78 is 77.4. The van der Waals surface area contributed by atoms with Gasteiger partial charge in [0.15, 0.2) is 0 Å². The summed E-state index contributed by atoms with van der Waals surface area (Å²) in [6, 6.07) is 0. The van der Waals surface area contributed by atoms with E-state index < -0.39 is 30.2 Å². The van der Waals surface area contributed by atoms with Crippen molar-refractivity contribution in [3.63, 3.8) is 0 Å². The van der Waals surface area contributed by atoms with Crippen LogP contribution in [0.3, 0.4) is 0 Å². The molecule has 5 atom stereocenters. The molecule has 0 aliphatic heterocycles. The molecule has 0 saturated heterocycles. The molecule has 0 aromatic carbocycles. The molecule has 0 heterocycles. The third-order valence-corrected chi connectivity index (χ3v) is 7.90. The highest BCUT2D eigenvalue weighted by Crippen LogP contribution is 2.57. The first-order valence-electron chi connectivity index (χ1n) is 12.0. The summed E-state index contributed by atoms with van der Waals surface area (Å²) >= 11 is 0. The fraction of sp³-hybridized carbons (Fsp3) is 0.630. The average Bonchev–Trinajstić information content (AvgIpc) is 3.11. The molecule has 3 aliphatic carbocycles. The second-order valence-electron chi connectivity index (χ2n) is 10.4. The van der Waals surface area contributed by atoms with E-state index in [0.717, 1.165) is 36.3 Å². The first kappa shape index (κ1) is 28.5. The van der Waals surface area contributed by atoms with E-state index in [2.05, 4.69) is 13.5 Å². The summed E-state index contributed by atoms with van der Waals surface area (Å²) in [5.74, 6) is 2.75. The Labute approximate surface area is 207 Å². The second-order valence-corrected chi connectivity index (χ2v) is 10.4. The monoisotopic (exact) mass is 518 g/mol. The number of fused-ring (bicyclic) bond motifs is 1. The lowest BCUT2D eigenvalue weighted by Gasteiger charge is -2.42. The van der Waals surface area contributed by atoms with Crippen LogP contribution >= 0.6 is 0 Å². The maximum Gasteiger partial charge on any atom is 0.438 e. The molecule has 0 unspecified atom stereocenters. The Morgan fingerprint density at radius 2 is 1.81 bits per heavy atom. The van der Waals surface area contributed by atoms with Crippen LogP contribution in [0.4, 0.5) is 26.3 Å². The number of aliphatic hydroxyl groups is 3. The van der Waals surface area contributed by atoms with E-state index in [1.807, 2.05) is 24.1 Å². The van der Waals surface area contributed by atoms with E-state index >= 15 is 0 Å². The molecule has 3 aliphatic rings. The molecule has 200 valence electrons. The molecule has 0 amide bonds. The smallest absolute Gasteiger partial charge is 0.393 e. The largest absolute Gasteiger partial charge is 0.438 e. The van der Waals surface area contributed by atoms with Crippen LogP contribution in [0.15, 0.2) is 47.1 Å². The van der Waals surface area contributed by atoms with Crippen molar-refractivity contribution < 1.29 is 41.7 Å². The maximum absolute atomic E-state index is 12.9. The molecule has 36 heavy (non-hydrogen) atoms. The van der Waals surface area contributed by atoms with Crippen LogP contribution in [0.1, 0.15) is 58.8 Å². The molecule has 0 aromatic heterocycles. The van der Waals surface area contributed by atoms with E-state index in [1.54, 1.807) is 6.92 Å². The van der Waals surface area contributed by atoms with Crippen molar-refractivity contribution in [3.8, 4) is 11.8 Å². The van der Waals surface area contributed by atoms with Gasteiger partial charge in [-0.05, 0) is 66.4 Å². The summed E-state index contributed by atoms with van der Waals surface area (Å²) in [6.45, 7) is 7.72. The molecule has 0 bridgehead atoms. The van der Waals surface area contributed by atoms with Crippen LogP contribution < -0.4 is 0 Å². The molecular formula is C27H32F6O3. The minimum absolute atomic E-state index is 0.127. The molecule has 2 saturated carbocycles. The molecule has 2 fully saturated rings. The van der Waals surface area contributed by atoms with E-state index in [4.69, 9.17) is 0 Å². The van der Waals surface area contributed by atoms with Gasteiger partial charge in [0.05, 0.1) is 12.2 Å². The SMILES string of the molecule is C=C1/C(=C\C=C2/CCC[C@]3(C)C([C@@H](C)CC#CC(O)(C(F)(F)F)C(F)(F)F)=CC[C@@H]23)C[C@@H](O)C[C@@H]1O. The third kappa shape index (κ3) is 5.32. The number of rotatable bonds is 3. The second kappa shape index (κ2) is 10.0. The number of hydrogen-bond acceptors (Lipinski definition) is 3. The van der Waals surface area contributed by atoms with Crippen molar-refractivity contribution in [2.24, 2.45) is 17.3 Å². The lowest BCUT2D eigenvalue weighted by atomic mass is 9.62. The Kier molecular flexibility index (Phi) is 7.96. The van der Waals surface area contributed by atoms with Gasteiger partial charge in [-0.2, -0.15) is 26.3 Å². The highest BCUT2D eigenvalue weighted by atomic mass is 19.4. The zero-order valence-corrected chi connectivity index (χ0v) is 20.3. The van der Waals surface area contributed by atoms with Gasteiger partial charge in [-0.15, -0.1) is 0 Å². The minimum Gasteiger partial charge on any atom is -0.393 e. The number of halogens is 6. The van der Waals surface area contributed by atoms with Crippen LogP contribution in [0.2, 0.25) is 0 Å². The van der Waals surface area contributed by atoms with Crippen LogP contribution in [-0.2, 0) is 0 Å². The number of alkyl halides is 6. The Hall–Kier alpha value is -2.02. The summed E-state index contributed by atoms with van der Waals surface area (Å²) in [4.78, 5) is 0. The predicted octanol–water partition coefficient (Wildman–Crippen LogP) is 5.93. The Bertz CT molecular complexity index is 1010. The zero-order valence-electron chi connectivity index (χ0n) is 20.3. The van der Waals surface area contributed by atoms with Crippen molar-refractivity contribution in [2.75, 3.05) is 0 Å². The Balaban J connectivity index is 1.78. The lowest BCUT2D eigenvalue weighted by Crippen LogP contribution is -2.55. The van der Waals surface area contributed by atoms with Gasteiger partial charge in [0, 0.05) is 12.8 Å². The molecule has 3 nitrogen and oxygen atoms in total. The molecule has 0 radical (unpaired) electrons. The highest BCUT2D eigenvalue weighted by molar-refractivity contribution is 5.40. The third-order valence-electron chi connectivity index (χ3n) is 7.90. The molecular weight excluding hydrogens is 486 g/mol. The summed E-state index contributed by atoms with van der Waals surface area (Å²) in [5.41, 5.74) is -1.86. The van der Waals surface area contributed by atoms with Gasteiger partial charge in [-0.3, -0.25) is 0 Å². The van der Waals surface area contributed by atoms with Crippen molar-refractivity contribution in [2.45, 2.75) is 89.0 Å². The quantitative estimate of drug-likeness (QED) is 0.247. The lowest BCUT2D eigenvalue weighted by molar-refractivity contribution is -0.343. The number of aliphatic hydroxyl groups excluding tert-OH is 2. The first-order chi connectivity index (χ1) is 16.5. The summed E-state index contributed by atoms with van der Waals surface area (Å²) in [7, 11) is 0. The van der Waals surface area contributed by atoms with Crippen molar-refractivity contribution in [1.29, 1.82) is 0 Å². The van der Waals surface area contributed by atoms with Gasteiger partial charge in [-0.25, -0.2) is 0 Å². The van der Waals surface area contributed by atoms with Crippen LogP contribution in [-0.4, -0.2) is 45.5 Å². The van der Waals surface area contributed by atoms with Crippen LogP contribution in [0.5, 0.6) is 0 Å². The van der Waals surface area contributed by atoms with E-state index in [9.17, 15) is 41.7 Å². The molecule has 0 spiro atoms. The minimum atomic E-state index is -5.96. The van der Waals surface area contributed by atoms with Gasteiger partial charge in [0.2, 0.25) is 0 Å². The normalized spacial score (nSPS) is 32.7. The average molecular weight is 519 g/mol. The fourth-order valence-corrected chi connectivity index (χ4v) is 5.83. The summed E-state index contributed by atoms with van der Waals surface area (Å²) in [5, 5.41) is 29.3. The van der Waals surface area contributed by atoms with E-state index in [0.29, 0.717) is 18.4 Å². The molecule has 3 rings (SSSR count). The van der Waals surface area contributed by atoms with E-state index in [-0.39, 0.29) is 30.1 Å². The van der Waals surface area contributed by atoms with Crippen LogP contribution in [0, 0.1) is 29.1 Å². The number of allylic oxidation sites excluding steroid dienone is 5. The van der Waals surface area contributed by atoms with Gasteiger partial charge < -0.3 is 15.3 Å². The van der Waals surface area contributed by atoms with Crippen molar-refractivity contribution >= 4 is 0 Å². The molecule has 9 heteroatoms. The highest BCUT2D eigenvalue weighted by Gasteiger charge is 2.70. The Morgan fingerprint density at radius 1 is 1.17 bits per heavy atom. The Morgan fingerprint density at radius 3 is 2.42 bits per heavy atom. The topological polar surface area (TPSA) is 60.7 Å². The summed E-state index contributed by atoms with van der Waals surface area (Å²) in [6.07, 6.45) is -3.80. The van der Waals surface area contributed by atoms with Gasteiger partial charge >= 0.3 is 18.0 Å². The number of hydrogen-bond donors (Lipinski definition) is 3.